The Kier molecular flexibility index (Phi) is 2.61. The second-order valence-electron chi connectivity index (χ2n) is 6.23. The second kappa shape index (κ2) is 4.01. The average Bonchev–Trinajstić information content (AvgIpc) is 2.76. The summed E-state index contributed by atoms with van der Waals surface area (Å²) in [5.74, 6) is -1.53. The number of fused-ring (bicyclic) bond motifs is 2. The molecule has 1 aromatic carbocycles. The van der Waals surface area contributed by atoms with Crippen LogP contribution >= 0.6 is 0 Å². The van der Waals surface area contributed by atoms with Crippen LogP contribution < -0.4 is 5.32 Å². The zero-order valence-electron chi connectivity index (χ0n) is 11.6. The van der Waals surface area contributed by atoms with Crippen LogP contribution in [0.25, 0.3) is 0 Å². The van der Waals surface area contributed by atoms with Gasteiger partial charge in [0.1, 0.15) is 5.41 Å². The van der Waals surface area contributed by atoms with Crippen LogP contribution in [0.3, 0.4) is 0 Å². The van der Waals surface area contributed by atoms with Crippen molar-refractivity contribution in [2.75, 3.05) is 5.32 Å². The van der Waals surface area contributed by atoms with Gasteiger partial charge in [-0.05, 0) is 30.4 Å². The minimum atomic E-state index is -1.19. The summed E-state index contributed by atoms with van der Waals surface area (Å²) in [6.07, 6.45) is 1.09. The van der Waals surface area contributed by atoms with Crippen LogP contribution in [-0.2, 0) is 14.4 Å². The molecular weight excluding hydrogens is 254 g/mol. The molecule has 1 aromatic rings. The molecule has 2 bridgehead atoms. The van der Waals surface area contributed by atoms with Gasteiger partial charge in [0.05, 0.1) is 0 Å². The Hall–Kier alpha value is -1.97. The summed E-state index contributed by atoms with van der Waals surface area (Å²) in [6.45, 7) is 3.72. The highest BCUT2D eigenvalue weighted by atomic mass is 16.2. The minimum absolute atomic E-state index is 0.309. The van der Waals surface area contributed by atoms with Gasteiger partial charge in [0.25, 0.3) is 0 Å². The van der Waals surface area contributed by atoms with E-state index >= 15 is 0 Å². The fourth-order valence-electron chi connectivity index (χ4n) is 3.84. The third-order valence-electron chi connectivity index (χ3n) is 5.13. The molecule has 0 unspecified atom stereocenters. The van der Waals surface area contributed by atoms with E-state index in [1.807, 2.05) is 32.0 Å². The highest BCUT2D eigenvalue weighted by molar-refractivity contribution is 6.48. The van der Waals surface area contributed by atoms with Gasteiger partial charge in [-0.25, -0.2) is 0 Å². The molecule has 2 atom stereocenters. The Labute approximate surface area is 117 Å². The minimum Gasteiger partial charge on any atom is -0.325 e. The Morgan fingerprint density at radius 1 is 1.20 bits per heavy atom. The van der Waals surface area contributed by atoms with Crippen LogP contribution in [0.1, 0.15) is 26.7 Å². The Morgan fingerprint density at radius 2 is 1.85 bits per heavy atom. The van der Waals surface area contributed by atoms with Gasteiger partial charge in [0, 0.05) is 11.6 Å². The van der Waals surface area contributed by atoms with Crippen molar-refractivity contribution in [2.24, 2.45) is 16.7 Å². The molecule has 4 nitrogen and oxygen atoms in total. The molecule has 2 fully saturated rings. The summed E-state index contributed by atoms with van der Waals surface area (Å²) < 4.78 is 0. The summed E-state index contributed by atoms with van der Waals surface area (Å²) in [5, 5.41) is 2.80. The molecule has 0 aromatic heterocycles. The van der Waals surface area contributed by atoms with E-state index in [-0.39, 0.29) is 17.6 Å². The highest BCUT2D eigenvalue weighted by Gasteiger charge is 2.72. The zero-order valence-corrected chi connectivity index (χ0v) is 11.6. The lowest BCUT2D eigenvalue weighted by Crippen LogP contribution is -2.47. The molecule has 0 radical (unpaired) electrons. The van der Waals surface area contributed by atoms with E-state index in [2.05, 4.69) is 5.32 Å². The third-order valence-corrected chi connectivity index (χ3v) is 5.13. The van der Waals surface area contributed by atoms with E-state index in [4.69, 9.17) is 0 Å². The van der Waals surface area contributed by atoms with E-state index in [1.54, 1.807) is 12.1 Å². The Morgan fingerprint density at radius 3 is 2.40 bits per heavy atom. The van der Waals surface area contributed by atoms with Crippen LogP contribution in [0.5, 0.6) is 0 Å². The van der Waals surface area contributed by atoms with Gasteiger partial charge in [-0.1, -0.05) is 32.0 Å². The van der Waals surface area contributed by atoms with Crippen molar-refractivity contribution in [1.29, 1.82) is 0 Å². The fourth-order valence-corrected chi connectivity index (χ4v) is 3.84. The highest BCUT2D eigenvalue weighted by Crippen LogP contribution is 2.62. The van der Waals surface area contributed by atoms with Crippen molar-refractivity contribution >= 4 is 23.2 Å². The molecule has 4 heteroatoms. The quantitative estimate of drug-likeness (QED) is 0.662. The van der Waals surface area contributed by atoms with Gasteiger partial charge >= 0.3 is 0 Å². The second-order valence-corrected chi connectivity index (χ2v) is 6.23. The lowest BCUT2D eigenvalue weighted by atomic mass is 9.68. The summed E-state index contributed by atoms with van der Waals surface area (Å²) in [7, 11) is 0. The molecule has 0 saturated heterocycles. The fraction of sp³-hybridized carbons (Fsp3) is 0.438. The molecular formula is C16H17NO3. The van der Waals surface area contributed by atoms with Crippen molar-refractivity contribution in [2.45, 2.75) is 26.7 Å². The number of hydrogen-bond acceptors (Lipinski definition) is 3. The molecule has 2 saturated carbocycles. The zero-order chi connectivity index (χ0) is 14.5. The molecule has 0 spiro atoms. The normalized spacial score (nSPS) is 30.6. The monoisotopic (exact) mass is 271 g/mol. The summed E-state index contributed by atoms with van der Waals surface area (Å²) in [5.41, 5.74) is -1.14. The standard InChI is InChI=1S/C16H17NO3/c1-15(2)11-8-9-16(15,13(19)12(11)18)14(20)17-10-6-4-3-5-7-10/h3-7,11H,8-9H2,1-2H3,(H,17,20)/t11-,16-/m1/s1. The molecule has 1 N–H and O–H groups in total. The molecule has 2 aliphatic carbocycles. The third kappa shape index (κ3) is 1.39. The van der Waals surface area contributed by atoms with E-state index in [1.165, 1.54) is 0 Å². The largest absolute Gasteiger partial charge is 0.325 e. The topological polar surface area (TPSA) is 63.2 Å². The van der Waals surface area contributed by atoms with Crippen molar-refractivity contribution in [3.8, 4) is 0 Å². The number of ketones is 2. The van der Waals surface area contributed by atoms with Crippen LogP contribution in [0.4, 0.5) is 5.69 Å². The van der Waals surface area contributed by atoms with Crippen LogP contribution in [0, 0.1) is 16.7 Å². The number of Topliss-reactive ketones (excluding diaryl/α,β-unsaturated/α-hetero) is 2. The van der Waals surface area contributed by atoms with Gasteiger partial charge in [0.2, 0.25) is 17.5 Å². The van der Waals surface area contributed by atoms with Crippen molar-refractivity contribution in [3.63, 3.8) is 0 Å². The number of carbonyl (C=O) groups is 3. The van der Waals surface area contributed by atoms with Crippen molar-refractivity contribution in [3.05, 3.63) is 30.3 Å². The molecule has 20 heavy (non-hydrogen) atoms. The number of anilines is 1. The van der Waals surface area contributed by atoms with E-state index in [0.717, 1.165) is 0 Å². The molecule has 1 amide bonds. The summed E-state index contributed by atoms with van der Waals surface area (Å²) in [4.78, 5) is 37.0. The first-order valence-corrected chi connectivity index (χ1v) is 6.86. The van der Waals surface area contributed by atoms with Gasteiger partial charge in [-0.3, -0.25) is 14.4 Å². The predicted octanol–water partition coefficient (Wildman–Crippen LogP) is 2.20. The number of amides is 1. The Bertz CT molecular complexity index is 605. The first kappa shape index (κ1) is 13.0. The van der Waals surface area contributed by atoms with E-state index < -0.39 is 16.6 Å². The van der Waals surface area contributed by atoms with Gasteiger partial charge in [0.15, 0.2) is 0 Å². The number of carbonyl (C=O) groups excluding carboxylic acids is 3. The maximum absolute atomic E-state index is 12.7. The first-order chi connectivity index (χ1) is 9.41. The van der Waals surface area contributed by atoms with Crippen LogP contribution in [-0.4, -0.2) is 17.5 Å². The summed E-state index contributed by atoms with van der Waals surface area (Å²) >= 11 is 0. The van der Waals surface area contributed by atoms with Crippen LogP contribution in [0.2, 0.25) is 0 Å². The number of hydrogen-bond donors (Lipinski definition) is 1. The van der Waals surface area contributed by atoms with Crippen molar-refractivity contribution in [1.82, 2.24) is 0 Å². The average molecular weight is 271 g/mol. The lowest BCUT2D eigenvalue weighted by molar-refractivity contribution is -0.147. The number of nitrogens with one attached hydrogen (secondary N) is 1. The first-order valence-electron chi connectivity index (χ1n) is 6.86. The lowest BCUT2D eigenvalue weighted by Gasteiger charge is -2.33. The predicted molar refractivity (Wildman–Crippen MR) is 74.0 cm³/mol. The molecule has 2 aliphatic rings. The maximum Gasteiger partial charge on any atom is 0.239 e. The number of benzene rings is 1. The van der Waals surface area contributed by atoms with Crippen molar-refractivity contribution < 1.29 is 14.4 Å². The van der Waals surface area contributed by atoms with Gasteiger partial charge < -0.3 is 5.32 Å². The molecule has 3 rings (SSSR count). The number of rotatable bonds is 2. The van der Waals surface area contributed by atoms with Gasteiger partial charge in [-0.2, -0.15) is 0 Å². The van der Waals surface area contributed by atoms with E-state index in [9.17, 15) is 14.4 Å². The Balaban J connectivity index is 1.98. The SMILES string of the molecule is CC1(C)[C@@H]2CC[C@]1(C(=O)Nc1ccccc1)C(=O)C2=O. The summed E-state index contributed by atoms with van der Waals surface area (Å²) in [6, 6.07) is 9.03. The number of para-hydroxylation sites is 1. The smallest absolute Gasteiger partial charge is 0.239 e. The molecule has 104 valence electrons. The van der Waals surface area contributed by atoms with Crippen LogP contribution in [0.15, 0.2) is 30.3 Å². The maximum atomic E-state index is 12.7. The molecule has 0 aliphatic heterocycles. The van der Waals surface area contributed by atoms with E-state index in [0.29, 0.717) is 18.5 Å². The molecule has 0 heterocycles. The van der Waals surface area contributed by atoms with Gasteiger partial charge in [-0.15, -0.1) is 0 Å².